The van der Waals surface area contributed by atoms with Gasteiger partial charge in [0.25, 0.3) is 0 Å². The van der Waals surface area contributed by atoms with Crippen LogP contribution in [0.4, 0.5) is 4.39 Å². The normalized spacial score (nSPS) is 11.2. The number of halogens is 1. The zero-order chi connectivity index (χ0) is 13.1. The second-order valence-electron chi connectivity index (χ2n) is 4.72. The molecule has 1 N–H and O–H groups in total. The Morgan fingerprint density at radius 1 is 1.33 bits per heavy atom. The monoisotopic (exact) mass is 247 g/mol. The molecule has 0 atom stereocenters. The molecule has 0 aliphatic heterocycles. The number of hydrogen-bond acceptors (Lipinski definition) is 2. The fourth-order valence-corrected chi connectivity index (χ4v) is 1.72. The molecule has 0 saturated heterocycles. The Bertz CT molecular complexity index is 532. The van der Waals surface area contributed by atoms with E-state index in [9.17, 15) is 4.39 Å². The van der Waals surface area contributed by atoms with Crippen LogP contribution in [0.3, 0.4) is 0 Å². The number of rotatable bonds is 4. The van der Waals surface area contributed by atoms with Crippen LogP contribution in [0.25, 0.3) is 5.69 Å². The average Bonchev–Trinajstić information content (AvgIpc) is 2.73. The van der Waals surface area contributed by atoms with E-state index in [2.05, 4.69) is 24.3 Å². The second-order valence-corrected chi connectivity index (χ2v) is 4.72. The lowest BCUT2D eigenvalue weighted by Crippen LogP contribution is -2.21. The summed E-state index contributed by atoms with van der Waals surface area (Å²) in [6.07, 6.45) is 1.76. The van der Waals surface area contributed by atoms with Gasteiger partial charge >= 0.3 is 0 Å². The molecule has 96 valence electrons. The highest BCUT2D eigenvalue weighted by Crippen LogP contribution is 2.15. The van der Waals surface area contributed by atoms with E-state index in [1.165, 1.54) is 0 Å². The van der Waals surface area contributed by atoms with E-state index >= 15 is 0 Å². The summed E-state index contributed by atoms with van der Waals surface area (Å²) in [6, 6.07) is 7.49. The van der Waals surface area contributed by atoms with Crippen molar-refractivity contribution in [3.63, 3.8) is 0 Å². The Morgan fingerprint density at radius 2 is 2.11 bits per heavy atom. The number of aryl methyl sites for hydroxylation is 1. The molecule has 4 heteroatoms. The molecule has 0 aliphatic rings. The molecule has 0 bridgehead atoms. The summed E-state index contributed by atoms with van der Waals surface area (Å²) in [7, 11) is 0. The number of nitrogens with zero attached hydrogens (tertiary/aromatic N) is 2. The van der Waals surface area contributed by atoms with Crippen LogP contribution in [0.5, 0.6) is 0 Å². The van der Waals surface area contributed by atoms with Crippen LogP contribution in [0, 0.1) is 12.7 Å². The molecular formula is C14H18FN3. The lowest BCUT2D eigenvalue weighted by atomic mass is 10.2. The molecule has 0 unspecified atom stereocenters. The molecule has 3 nitrogen and oxygen atoms in total. The molecular weight excluding hydrogens is 229 g/mol. The van der Waals surface area contributed by atoms with Crippen LogP contribution in [0.15, 0.2) is 30.5 Å². The van der Waals surface area contributed by atoms with E-state index in [0.717, 1.165) is 11.3 Å². The van der Waals surface area contributed by atoms with Gasteiger partial charge in [0.15, 0.2) is 0 Å². The van der Waals surface area contributed by atoms with Crippen molar-refractivity contribution < 1.29 is 4.39 Å². The molecule has 1 aromatic heterocycles. The number of hydrogen-bond donors (Lipinski definition) is 1. The fraction of sp³-hybridized carbons (Fsp3) is 0.357. The standard InChI is InChI=1S/C14H18FN3/c1-10(2)16-9-12-4-5-14(13(15)8-12)18-7-6-11(3)17-18/h4-8,10,16H,9H2,1-3H3. The first-order chi connectivity index (χ1) is 8.56. The van der Waals surface area contributed by atoms with Gasteiger partial charge in [-0.3, -0.25) is 0 Å². The first kappa shape index (κ1) is 12.8. The van der Waals surface area contributed by atoms with Gasteiger partial charge in [-0.25, -0.2) is 9.07 Å². The van der Waals surface area contributed by atoms with E-state index in [-0.39, 0.29) is 5.82 Å². The van der Waals surface area contributed by atoms with Gasteiger partial charge in [-0.05, 0) is 30.7 Å². The molecule has 0 amide bonds. The van der Waals surface area contributed by atoms with Crippen molar-refractivity contribution in [3.8, 4) is 5.69 Å². The van der Waals surface area contributed by atoms with Gasteiger partial charge in [0.1, 0.15) is 11.5 Å². The maximum Gasteiger partial charge on any atom is 0.149 e. The van der Waals surface area contributed by atoms with E-state index in [1.807, 2.05) is 19.1 Å². The van der Waals surface area contributed by atoms with Crippen LogP contribution < -0.4 is 5.32 Å². The fourth-order valence-electron chi connectivity index (χ4n) is 1.72. The molecule has 1 heterocycles. The van der Waals surface area contributed by atoms with Gasteiger partial charge in [-0.2, -0.15) is 5.10 Å². The molecule has 18 heavy (non-hydrogen) atoms. The SMILES string of the molecule is Cc1ccn(-c2ccc(CNC(C)C)cc2F)n1. The molecule has 2 rings (SSSR count). The van der Waals surface area contributed by atoms with Crippen LogP contribution in [0.1, 0.15) is 25.1 Å². The summed E-state index contributed by atoms with van der Waals surface area (Å²) in [5.41, 5.74) is 2.30. The Kier molecular flexibility index (Phi) is 3.77. The first-order valence-electron chi connectivity index (χ1n) is 6.10. The van der Waals surface area contributed by atoms with Gasteiger partial charge < -0.3 is 5.32 Å². The summed E-state index contributed by atoms with van der Waals surface area (Å²) in [6.45, 7) is 6.69. The van der Waals surface area contributed by atoms with Gasteiger partial charge in [0, 0.05) is 18.8 Å². The summed E-state index contributed by atoms with van der Waals surface area (Å²) in [5, 5.41) is 7.47. The first-order valence-corrected chi connectivity index (χ1v) is 6.10. The molecule has 2 aromatic rings. The molecule has 0 aliphatic carbocycles. The van der Waals surface area contributed by atoms with Crippen molar-refractivity contribution in [1.29, 1.82) is 0 Å². The van der Waals surface area contributed by atoms with E-state index in [1.54, 1.807) is 23.0 Å². The Balaban J connectivity index is 2.20. The molecule has 0 saturated carbocycles. The smallest absolute Gasteiger partial charge is 0.149 e. The highest BCUT2D eigenvalue weighted by molar-refractivity contribution is 5.36. The lowest BCUT2D eigenvalue weighted by Gasteiger charge is -2.09. The third kappa shape index (κ3) is 2.96. The largest absolute Gasteiger partial charge is 0.310 e. The summed E-state index contributed by atoms with van der Waals surface area (Å²) < 4.78 is 15.5. The van der Waals surface area contributed by atoms with Gasteiger partial charge in [-0.1, -0.05) is 19.9 Å². The zero-order valence-corrected chi connectivity index (χ0v) is 10.9. The maximum absolute atomic E-state index is 14.0. The van der Waals surface area contributed by atoms with Crippen molar-refractivity contribution in [3.05, 3.63) is 47.5 Å². The number of aromatic nitrogens is 2. The van der Waals surface area contributed by atoms with E-state index in [4.69, 9.17) is 0 Å². The summed E-state index contributed by atoms with van der Waals surface area (Å²) in [4.78, 5) is 0. The molecule has 1 aromatic carbocycles. The third-order valence-corrected chi connectivity index (χ3v) is 2.70. The molecule has 0 spiro atoms. The van der Waals surface area contributed by atoms with Gasteiger partial charge in [0.05, 0.1) is 5.69 Å². The second kappa shape index (κ2) is 5.31. The van der Waals surface area contributed by atoms with Crippen molar-refractivity contribution in [2.75, 3.05) is 0 Å². The predicted octanol–water partition coefficient (Wildman–Crippen LogP) is 2.82. The van der Waals surface area contributed by atoms with E-state index < -0.39 is 0 Å². The highest BCUT2D eigenvalue weighted by atomic mass is 19.1. The van der Waals surface area contributed by atoms with Crippen LogP contribution in [0.2, 0.25) is 0 Å². The minimum atomic E-state index is -0.249. The lowest BCUT2D eigenvalue weighted by molar-refractivity contribution is 0.578. The highest BCUT2D eigenvalue weighted by Gasteiger charge is 2.07. The minimum absolute atomic E-state index is 0.249. The van der Waals surface area contributed by atoms with Crippen molar-refractivity contribution in [2.45, 2.75) is 33.4 Å². The van der Waals surface area contributed by atoms with Crippen molar-refractivity contribution >= 4 is 0 Å². The minimum Gasteiger partial charge on any atom is -0.310 e. The number of benzene rings is 1. The number of nitrogens with one attached hydrogen (secondary N) is 1. The van der Waals surface area contributed by atoms with Crippen molar-refractivity contribution in [2.24, 2.45) is 0 Å². The van der Waals surface area contributed by atoms with Crippen LogP contribution in [-0.4, -0.2) is 15.8 Å². The molecule has 0 radical (unpaired) electrons. The van der Waals surface area contributed by atoms with Gasteiger partial charge in [0.2, 0.25) is 0 Å². The predicted molar refractivity (Wildman–Crippen MR) is 70.2 cm³/mol. The summed E-state index contributed by atoms with van der Waals surface area (Å²) >= 11 is 0. The van der Waals surface area contributed by atoms with Crippen LogP contribution >= 0.6 is 0 Å². The maximum atomic E-state index is 14.0. The van der Waals surface area contributed by atoms with E-state index in [0.29, 0.717) is 18.3 Å². The zero-order valence-electron chi connectivity index (χ0n) is 10.9. The third-order valence-electron chi connectivity index (χ3n) is 2.70. The average molecular weight is 247 g/mol. The topological polar surface area (TPSA) is 29.9 Å². The Labute approximate surface area is 107 Å². The van der Waals surface area contributed by atoms with Gasteiger partial charge in [-0.15, -0.1) is 0 Å². The van der Waals surface area contributed by atoms with Crippen molar-refractivity contribution in [1.82, 2.24) is 15.1 Å². The Hall–Kier alpha value is -1.68. The summed E-state index contributed by atoms with van der Waals surface area (Å²) in [5.74, 6) is -0.249. The van der Waals surface area contributed by atoms with Crippen LogP contribution in [-0.2, 0) is 6.54 Å². The quantitative estimate of drug-likeness (QED) is 0.900. The Morgan fingerprint density at radius 3 is 2.67 bits per heavy atom. The molecule has 0 fully saturated rings.